The van der Waals surface area contributed by atoms with Crippen LogP contribution < -0.4 is 10.9 Å². The zero-order chi connectivity index (χ0) is 18.5. The van der Waals surface area contributed by atoms with Crippen LogP contribution in [0.5, 0.6) is 0 Å². The minimum Gasteiger partial charge on any atom is -0.356 e. The third-order valence-electron chi connectivity index (χ3n) is 4.40. The SMILES string of the molecule is CCCCNC(=O)CCCCn1c(=S)[nH]c2c(sc3ccccc32)c1=O. The zero-order valence-electron chi connectivity index (χ0n) is 14.8. The number of aromatic amines is 1. The zero-order valence-corrected chi connectivity index (χ0v) is 16.5. The van der Waals surface area contributed by atoms with Crippen LogP contribution in [0.1, 0.15) is 39.0 Å². The van der Waals surface area contributed by atoms with Crippen molar-refractivity contribution in [2.24, 2.45) is 0 Å². The number of aromatic nitrogens is 2. The van der Waals surface area contributed by atoms with Crippen molar-refractivity contribution in [2.75, 3.05) is 6.54 Å². The average molecular weight is 390 g/mol. The van der Waals surface area contributed by atoms with Crippen molar-refractivity contribution in [1.29, 1.82) is 0 Å². The van der Waals surface area contributed by atoms with E-state index in [2.05, 4.69) is 17.2 Å². The molecule has 0 fully saturated rings. The number of rotatable bonds is 8. The van der Waals surface area contributed by atoms with Gasteiger partial charge in [-0.2, -0.15) is 0 Å². The normalized spacial score (nSPS) is 11.3. The van der Waals surface area contributed by atoms with Gasteiger partial charge < -0.3 is 10.3 Å². The van der Waals surface area contributed by atoms with Gasteiger partial charge in [0.15, 0.2) is 4.77 Å². The fourth-order valence-corrected chi connectivity index (χ4v) is 4.34. The minimum absolute atomic E-state index is 0.0441. The molecular formula is C19H23N3O2S2. The van der Waals surface area contributed by atoms with Gasteiger partial charge in [0.1, 0.15) is 4.70 Å². The smallest absolute Gasteiger partial charge is 0.272 e. The van der Waals surface area contributed by atoms with Crippen LogP contribution in [-0.4, -0.2) is 22.0 Å². The predicted molar refractivity (Wildman–Crippen MR) is 111 cm³/mol. The number of nitrogens with zero attached hydrogens (tertiary/aromatic N) is 1. The maximum atomic E-state index is 12.8. The molecule has 1 aromatic carbocycles. The lowest BCUT2D eigenvalue weighted by atomic mass is 10.2. The quantitative estimate of drug-likeness (QED) is 0.444. The molecule has 26 heavy (non-hydrogen) atoms. The molecule has 7 heteroatoms. The Hall–Kier alpha value is -1.99. The monoisotopic (exact) mass is 389 g/mol. The molecule has 0 radical (unpaired) electrons. The first kappa shape index (κ1) is 18.8. The highest BCUT2D eigenvalue weighted by molar-refractivity contribution is 7.71. The summed E-state index contributed by atoms with van der Waals surface area (Å²) in [6.07, 6.45) is 4.05. The minimum atomic E-state index is -0.0441. The highest BCUT2D eigenvalue weighted by Crippen LogP contribution is 2.29. The molecule has 2 N–H and O–H groups in total. The molecule has 0 aliphatic carbocycles. The van der Waals surface area contributed by atoms with Crippen molar-refractivity contribution in [3.05, 3.63) is 39.4 Å². The summed E-state index contributed by atoms with van der Waals surface area (Å²) in [5.41, 5.74) is 0.782. The first-order valence-corrected chi connectivity index (χ1v) is 10.3. The number of H-pyrrole nitrogens is 1. The van der Waals surface area contributed by atoms with Crippen molar-refractivity contribution in [3.63, 3.8) is 0 Å². The van der Waals surface area contributed by atoms with E-state index in [9.17, 15) is 9.59 Å². The molecule has 0 unspecified atom stereocenters. The van der Waals surface area contributed by atoms with Crippen LogP contribution in [0.4, 0.5) is 0 Å². The molecule has 0 bridgehead atoms. The molecule has 0 atom stereocenters. The van der Waals surface area contributed by atoms with Crippen LogP contribution >= 0.6 is 23.6 Å². The Morgan fingerprint density at radius 3 is 2.88 bits per heavy atom. The van der Waals surface area contributed by atoms with Gasteiger partial charge in [-0.25, -0.2) is 0 Å². The first-order chi connectivity index (χ1) is 12.6. The molecule has 2 aromatic heterocycles. The maximum Gasteiger partial charge on any atom is 0.272 e. The van der Waals surface area contributed by atoms with Crippen molar-refractivity contribution in [3.8, 4) is 0 Å². The van der Waals surface area contributed by atoms with Crippen molar-refractivity contribution >= 4 is 49.8 Å². The standard InChI is InChI=1S/C19H23N3O2S2/c1-2-3-11-20-15(23)10-6-7-12-22-18(24)17-16(21-19(22)25)13-8-4-5-9-14(13)26-17/h4-5,8-9H,2-3,6-7,10-12H2,1H3,(H,20,23)(H,21,25). The van der Waals surface area contributed by atoms with E-state index in [1.165, 1.54) is 11.3 Å². The predicted octanol–water partition coefficient (Wildman–Crippen LogP) is 4.36. The van der Waals surface area contributed by atoms with Crippen LogP contribution in [0, 0.1) is 4.77 Å². The van der Waals surface area contributed by atoms with Crippen LogP contribution in [0.2, 0.25) is 0 Å². The number of fused-ring (bicyclic) bond motifs is 3. The molecule has 138 valence electrons. The molecule has 0 saturated carbocycles. The van der Waals surface area contributed by atoms with Gasteiger partial charge in [0.05, 0.1) is 5.52 Å². The third-order valence-corrected chi connectivity index (χ3v) is 5.88. The number of benzene rings is 1. The van der Waals surface area contributed by atoms with Crippen LogP contribution in [0.3, 0.4) is 0 Å². The largest absolute Gasteiger partial charge is 0.356 e. The van der Waals surface area contributed by atoms with Gasteiger partial charge in [0, 0.05) is 29.6 Å². The summed E-state index contributed by atoms with van der Waals surface area (Å²) in [5.74, 6) is 0.0796. The van der Waals surface area contributed by atoms with E-state index in [0.29, 0.717) is 22.4 Å². The van der Waals surface area contributed by atoms with E-state index in [-0.39, 0.29) is 11.5 Å². The number of unbranched alkanes of at least 4 members (excludes halogenated alkanes) is 2. The molecule has 5 nitrogen and oxygen atoms in total. The Bertz CT molecular complexity index is 1030. The second kappa shape index (κ2) is 8.60. The highest BCUT2D eigenvalue weighted by atomic mass is 32.1. The summed E-state index contributed by atoms with van der Waals surface area (Å²) in [6.45, 7) is 3.37. The number of nitrogens with one attached hydrogen (secondary N) is 2. The second-order valence-electron chi connectivity index (χ2n) is 6.35. The number of carbonyl (C=O) groups is 1. The van der Waals surface area contributed by atoms with Gasteiger partial charge in [-0.1, -0.05) is 31.5 Å². The Kier molecular flexibility index (Phi) is 6.21. The van der Waals surface area contributed by atoms with Gasteiger partial charge in [-0.05, 0) is 37.5 Å². The molecular weight excluding hydrogens is 366 g/mol. The summed E-state index contributed by atoms with van der Waals surface area (Å²) in [6, 6.07) is 7.94. The van der Waals surface area contributed by atoms with E-state index in [4.69, 9.17) is 12.2 Å². The summed E-state index contributed by atoms with van der Waals surface area (Å²) in [7, 11) is 0. The molecule has 0 saturated heterocycles. The molecule has 0 aliphatic rings. The third kappa shape index (κ3) is 4.04. The fourth-order valence-electron chi connectivity index (χ4n) is 2.96. The summed E-state index contributed by atoms with van der Waals surface area (Å²) in [5, 5.41) is 3.95. The van der Waals surface area contributed by atoms with Crippen LogP contribution in [-0.2, 0) is 11.3 Å². The number of thiophene rings is 1. The lowest BCUT2D eigenvalue weighted by Crippen LogP contribution is -2.24. The summed E-state index contributed by atoms with van der Waals surface area (Å²) < 4.78 is 3.84. The van der Waals surface area contributed by atoms with Gasteiger partial charge in [-0.15, -0.1) is 11.3 Å². The van der Waals surface area contributed by atoms with E-state index in [1.807, 2.05) is 24.3 Å². The Morgan fingerprint density at radius 2 is 2.08 bits per heavy atom. The van der Waals surface area contributed by atoms with Crippen LogP contribution in [0.15, 0.2) is 29.1 Å². The van der Waals surface area contributed by atoms with E-state index >= 15 is 0 Å². The van der Waals surface area contributed by atoms with Crippen molar-refractivity contribution in [1.82, 2.24) is 14.9 Å². The Balaban J connectivity index is 1.69. The average Bonchev–Trinajstić information content (AvgIpc) is 3.00. The molecule has 3 rings (SSSR count). The Labute approximate surface area is 161 Å². The maximum absolute atomic E-state index is 12.8. The number of amides is 1. The lowest BCUT2D eigenvalue weighted by Gasteiger charge is -2.07. The highest BCUT2D eigenvalue weighted by Gasteiger charge is 2.11. The van der Waals surface area contributed by atoms with Gasteiger partial charge in [0.2, 0.25) is 5.91 Å². The second-order valence-corrected chi connectivity index (χ2v) is 7.79. The Morgan fingerprint density at radius 1 is 1.27 bits per heavy atom. The summed E-state index contributed by atoms with van der Waals surface area (Å²) >= 11 is 6.89. The topological polar surface area (TPSA) is 66.9 Å². The van der Waals surface area contributed by atoms with E-state index in [0.717, 1.165) is 47.8 Å². The van der Waals surface area contributed by atoms with Crippen molar-refractivity contribution < 1.29 is 4.79 Å². The molecule has 3 aromatic rings. The van der Waals surface area contributed by atoms with Gasteiger partial charge in [0.25, 0.3) is 5.56 Å². The number of hydrogen-bond acceptors (Lipinski definition) is 4. The van der Waals surface area contributed by atoms with E-state index < -0.39 is 0 Å². The van der Waals surface area contributed by atoms with Crippen LogP contribution in [0.25, 0.3) is 20.3 Å². The number of carbonyl (C=O) groups excluding carboxylic acids is 1. The van der Waals surface area contributed by atoms with Gasteiger partial charge >= 0.3 is 0 Å². The molecule has 0 spiro atoms. The number of hydrogen-bond donors (Lipinski definition) is 2. The summed E-state index contributed by atoms with van der Waals surface area (Å²) in [4.78, 5) is 27.8. The van der Waals surface area contributed by atoms with E-state index in [1.54, 1.807) is 4.57 Å². The molecule has 1 amide bonds. The molecule has 0 aliphatic heterocycles. The van der Waals surface area contributed by atoms with Gasteiger partial charge in [-0.3, -0.25) is 14.2 Å². The molecule has 2 heterocycles. The van der Waals surface area contributed by atoms with Crippen molar-refractivity contribution in [2.45, 2.75) is 45.6 Å². The fraction of sp³-hybridized carbons (Fsp3) is 0.421. The first-order valence-electron chi connectivity index (χ1n) is 9.03. The lowest BCUT2D eigenvalue weighted by molar-refractivity contribution is -0.121.